The van der Waals surface area contributed by atoms with Gasteiger partial charge in [-0.15, -0.1) is 0 Å². The smallest absolute Gasteiger partial charge is 0.124 e. The molecule has 1 aromatic rings. The van der Waals surface area contributed by atoms with Gasteiger partial charge >= 0.3 is 0 Å². The summed E-state index contributed by atoms with van der Waals surface area (Å²) in [5, 5.41) is 0. The van der Waals surface area contributed by atoms with E-state index >= 15 is 0 Å². The molecule has 20 heavy (non-hydrogen) atoms. The first-order valence-electron chi connectivity index (χ1n) is 7.47. The molecule has 1 saturated heterocycles. The molecule has 108 valence electrons. The monoisotopic (exact) mass is 292 g/mol. The number of nitrogens with two attached hydrogens (primary N) is 1. The van der Waals surface area contributed by atoms with Crippen LogP contribution in [0.5, 0.6) is 0 Å². The van der Waals surface area contributed by atoms with Gasteiger partial charge in [0.05, 0.1) is 0 Å². The SMILES string of the molecule is NC(=S)c1cc(F)cc(CN2CCC3CCCCC32)c1. The number of halogens is 1. The van der Waals surface area contributed by atoms with Crippen molar-refractivity contribution in [1.29, 1.82) is 0 Å². The van der Waals surface area contributed by atoms with Crippen LogP contribution in [0.15, 0.2) is 18.2 Å². The lowest BCUT2D eigenvalue weighted by molar-refractivity contribution is 0.176. The summed E-state index contributed by atoms with van der Waals surface area (Å²) in [5.41, 5.74) is 7.24. The van der Waals surface area contributed by atoms with E-state index in [1.807, 2.05) is 6.07 Å². The van der Waals surface area contributed by atoms with E-state index in [1.54, 1.807) is 6.07 Å². The Morgan fingerprint density at radius 3 is 2.85 bits per heavy atom. The Morgan fingerprint density at radius 1 is 1.25 bits per heavy atom. The Morgan fingerprint density at radius 2 is 2.05 bits per heavy atom. The topological polar surface area (TPSA) is 29.3 Å². The van der Waals surface area contributed by atoms with Gasteiger partial charge in [-0.2, -0.15) is 0 Å². The first-order chi connectivity index (χ1) is 9.63. The van der Waals surface area contributed by atoms with Crippen LogP contribution in [0, 0.1) is 11.7 Å². The molecule has 1 aliphatic carbocycles. The van der Waals surface area contributed by atoms with Crippen LogP contribution in [0.25, 0.3) is 0 Å². The summed E-state index contributed by atoms with van der Waals surface area (Å²) in [6, 6.07) is 5.65. The standard InChI is InChI=1S/C16H21FN2S/c17-14-8-11(7-13(9-14)16(18)20)10-19-6-5-12-3-1-2-4-15(12)19/h7-9,12,15H,1-6,10H2,(H2,18,20). The molecule has 0 bridgehead atoms. The van der Waals surface area contributed by atoms with Crippen molar-refractivity contribution in [2.75, 3.05) is 6.54 Å². The minimum atomic E-state index is -0.246. The average Bonchev–Trinajstić information content (AvgIpc) is 2.82. The van der Waals surface area contributed by atoms with E-state index in [1.165, 1.54) is 38.2 Å². The number of nitrogens with zero attached hydrogens (tertiary/aromatic N) is 1. The van der Waals surface area contributed by atoms with Crippen molar-refractivity contribution in [3.63, 3.8) is 0 Å². The molecule has 2 atom stereocenters. The summed E-state index contributed by atoms with van der Waals surface area (Å²) in [7, 11) is 0. The van der Waals surface area contributed by atoms with Crippen LogP contribution in [-0.2, 0) is 6.54 Å². The van der Waals surface area contributed by atoms with Gasteiger partial charge < -0.3 is 5.73 Å². The van der Waals surface area contributed by atoms with E-state index in [-0.39, 0.29) is 10.8 Å². The van der Waals surface area contributed by atoms with Gasteiger partial charge in [0, 0.05) is 18.2 Å². The molecule has 4 heteroatoms. The molecule has 1 heterocycles. The number of benzene rings is 1. The minimum Gasteiger partial charge on any atom is -0.389 e. The van der Waals surface area contributed by atoms with Gasteiger partial charge in [-0.05, 0) is 55.5 Å². The van der Waals surface area contributed by atoms with Gasteiger partial charge in [-0.3, -0.25) is 4.90 Å². The number of rotatable bonds is 3. The van der Waals surface area contributed by atoms with Crippen molar-refractivity contribution in [3.05, 3.63) is 35.1 Å². The van der Waals surface area contributed by atoms with E-state index in [2.05, 4.69) is 4.90 Å². The Balaban J connectivity index is 1.76. The van der Waals surface area contributed by atoms with Gasteiger partial charge in [0.15, 0.2) is 0 Å². The zero-order valence-electron chi connectivity index (χ0n) is 11.6. The Hall–Kier alpha value is -1.00. The lowest BCUT2D eigenvalue weighted by Gasteiger charge is -2.31. The Labute approximate surface area is 125 Å². The molecule has 2 nitrogen and oxygen atoms in total. The van der Waals surface area contributed by atoms with E-state index < -0.39 is 0 Å². The highest BCUT2D eigenvalue weighted by Gasteiger charge is 2.35. The fourth-order valence-corrected chi connectivity index (χ4v) is 3.94. The normalized spacial score (nSPS) is 26.4. The lowest BCUT2D eigenvalue weighted by Crippen LogP contribution is -2.34. The van der Waals surface area contributed by atoms with Gasteiger partial charge in [0.2, 0.25) is 0 Å². The summed E-state index contributed by atoms with van der Waals surface area (Å²) < 4.78 is 13.7. The largest absolute Gasteiger partial charge is 0.389 e. The molecule has 1 aliphatic heterocycles. The number of likely N-dealkylation sites (tertiary alicyclic amines) is 1. The predicted octanol–water partition coefficient (Wildman–Crippen LogP) is 3.22. The van der Waals surface area contributed by atoms with Gasteiger partial charge in [-0.25, -0.2) is 4.39 Å². The van der Waals surface area contributed by atoms with Crippen molar-refractivity contribution < 1.29 is 4.39 Å². The van der Waals surface area contributed by atoms with Crippen molar-refractivity contribution in [3.8, 4) is 0 Å². The molecule has 0 radical (unpaired) electrons. The van der Waals surface area contributed by atoms with Crippen LogP contribution in [0.3, 0.4) is 0 Å². The van der Waals surface area contributed by atoms with Crippen molar-refractivity contribution in [2.24, 2.45) is 11.7 Å². The van der Waals surface area contributed by atoms with Crippen molar-refractivity contribution in [1.82, 2.24) is 4.90 Å². The highest BCUT2D eigenvalue weighted by Crippen LogP contribution is 2.36. The first-order valence-corrected chi connectivity index (χ1v) is 7.87. The van der Waals surface area contributed by atoms with Crippen molar-refractivity contribution in [2.45, 2.75) is 44.7 Å². The highest BCUT2D eigenvalue weighted by molar-refractivity contribution is 7.80. The fourth-order valence-electron chi connectivity index (χ4n) is 3.82. The van der Waals surface area contributed by atoms with Crippen LogP contribution in [0.4, 0.5) is 4.39 Å². The molecule has 2 aliphatic rings. The van der Waals surface area contributed by atoms with Crippen LogP contribution in [0.1, 0.15) is 43.2 Å². The Bertz CT molecular complexity index is 517. The van der Waals surface area contributed by atoms with Crippen LogP contribution < -0.4 is 5.73 Å². The molecule has 0 aromatic heterocycles. The molecular formula is C16H21FN2S. The average molecular weight is 292 g/mol. The number of hydrogen-bond acceptors (Lipinski definition) is 2. The van der Waals surface area contributed by atoms with Gasteiger partial charge in [0.25, 0.3) is 0 Å². The summed E-state index contributed by atoms with van der Waals surface area (Å²) in [5.74, 6) is 0.608. The molecule has 2 N–H and O–H groups in total. The third kappa shape index (κ3) is 2.86. The van der Waals surface area contributed by atoms with Crippen molar-refractivity contribution >= 4 is 17.2 Å². The second-order valence-electron chi connectivity index (χ2n) is 6.08. The summed E-state index contributed by atoms with van der Waals surface area (Å²) in [4.78, 5) is 2.78. The van der Waals surface area contributed by atoms with Gasteiger partial charge in [-0.1, -0.05) is 25.1 Å². The zero-order valence-corrected chi connectivity index (χ0v) is 12.5. The Kier molecular flexibility index (Phi) is 4.03. The van der Waals surface area contributed by atoms with E-state index in [0.29, 0.717) is 11.6 Å². The fraction of sp³-hybridized carbons (Fsp3) is 0.562. The third-order valence-electron chi connectivity index (χ3n) is 4.75. The highest BCUT2D eigenvalue weighted by atomic mass is 32.1. The van der Waals surface area contributed by atoms with Gasteiger partial charge in [0.1, 0.15) is 10.8 Å². The summed E-state index contributed by atoms with van der Waals surface area (Å²) in [6.45, 7) is 1.95. The number of thiocarbonyl (C=S) groups is 1. The minimum absolute atomic E-state index is 0.246. The number of hydrogen-bond donors (Lipinski definition) is 1. The third-order valence-corrected chi connectivity index (χ3v) is 4.99. The molecule has 3 rings (SSSR count). The predicted molar refractivity (Wildman–Crippen MR) is 83.1 cm³/mol. The van der Waals surface area contributed by atoms with Crippen LogP contribution in [-0.4, -0.2) is 22.5 Å². The molecule has 0 spiro atoms. The molecule has 2 fully saturated rings. The van der Waals surface area contributed by atoms with E-state index in [9.17, 15) is 4.39 Å². The molecule has 1 saturated carbocycles. The molecule has 1 aromatic carbocycles. The first kappa shape index (κ1) is 14.0. The quantitative estimate of drug-likeness (QED) is 0.867. The maximum absolute atomic E-state index is 13.7. The zero-order chi connectivity index (χ0) is 14.1. The molecule has 2 unspecified atom stereocenters. The summed E-state index contributed by atoms with van der Waals surface area (Å²) >= 11 is 4.95. The van der Waals surface area contributed by atoms with Crippen LogP contribution >= 0.6 is 12.2 Å². The molecular weight excluding hydrogens is 271 g/mol. The van der Waals surface area contributed by atoms with E-state index in [4.69, 9.17) is 18.0 Å². The second-order valence-corrected chi connectivity index (χ2v) is 6.52. The molecule has 0 amide bonds. The van der Waals surface area contributed by atoms with Crippen LogP contribution in [0.2, 0.25) is 0 Å². The number of fused-ring (bicyclic) bond motifs is 1. The maximum Gasteiger partial charge on any atom is 0.124 e. The lowest BCUT2D eigenvalue weighted by atomic mass is 9.85. The summed E-state index contributed by atoms with van der Waals surface area (Å²) in [6.07, 6.45) is 6.66. The second kappa shape index (κ2) is 5.78. The maximum atomic E-state index is 13.7. The van der Waals surface area contributed by atoms with E-state index in [0.717, 1.165) is 24.6 Å².